The highest BCUT2D eigenvalue weighted by atomic mass is 16.2. The van der Waals surface area contributed by atoms with Crippen molar-refractivity contribution in [2.45, 2.75) is 6.92 Å². The van der Waals surface area contributed by atoms with E-state index in [-0.39, 0.29) is 18.5 Å². The highest BCUT2D eigenvalue weighted by molar-refractivity contribution is 6.06. The van der Waals surface area contributed by atoms with Gasteiger partial charge in [0, 0.05) is 26.2 Å². The van der Waals surface area contributed by atoms with E-state index in [4.69, 9.17) is 0 Å². The van der Waals surface area contributed by atoms with Gasteiger partial charge in [0.05, 0.1) is 0 Å². The summed E-state index contributed by atoms with van der Waals surface area (Å²) in [5, 5.41) is 0. The van der Waals surface area contributed by atoms with Crippen molar-refractivity contribution < 1.29 is 14.4 Å². The first-order valence-corrected chi connectivity index (χ1v) is 6.27. The predicted octanol–water partition coefficient (Wildman–Crippen LogP) is 2.04. The van der Waals surface area contributed by atoms with Gasteiger partial charge in [-0.15, -0.1) is 0 Å². The largest absolute Gasteiger partial charge is 0.330 e. The van der Waals surface area contributed by atoms with E-state index < -0.39 is 0 Å². The van der Waals surface area contributed by atoms with Gasteiger partial charge in [-0.3, -0.25) is 14.5 Å². The number of hydrogen-bond acceptors (Lipinski definition) is 3. The molecule has 0 fully saturated rings. The van der Waals surface area contributed by atoms with Crippen LogP contribution in [0.25, 0.3) is 6.08 Å². The van der Waals surface area contributed by atoms with Crippen LogP contribution in [0.2, 0.25) is 0 Å². The number of carbonyl (C=O) groups excluding carboxylic acids is 3. The minimum atomic E-state index is -0.377. The van der Waals surface area contributed by atoms with E-state index in [0.717, 1.165) is 4.90 Å². The van der Waals surface area contributed by atoms with E-state index in [1.54, 1.807) is 51.4 Å². The second-order valence-electron chi connectivity index (χ2n) is 4.31. The van der Waals surface area contributed by atoms with Gasteiger partial charge in [0.25, 0.3) is 5.91 Å². The first-order chi connectivity index (χ1) is 9.52. The summed E-state index contributed by atoms with van der Waals surface area (Å²) < 4.78 is 0. The molecule has 0 aliphatic heterocycles. The first kappa shape index (κ1) is 15.6. The third kappa shape index (κ3) is 3.54. The average Bonchev–Trinajstić information content (AvgIpc) is 2.45. The lowest BCUT2D eigenvalue weighted by Crippen LogP contribution is -2.43. The van der Waals surface area contributed by atoms with Crippen molar-refractivity contribution in [2.75, 3.05) is 20.6 Å². The molecule has 0 spiro atoms. The normalized spacial score (nSPS) is 10.3. The zero-order chi connectivity index (χ0) is 15.1. The molecule has 0 atom stereocenters. The Balaban J connectivity index is 3.16. The number of rotatable bonds is 4. The van der Waals surface area contributed by atoms with Crippen molar-refractivity contribution in [3.63, 3.8) is 0 Å². The Bertz CT molecular complexity index is 536. The maximum Gasteiger partial charge on any atom is 0.326 e. The summed E-state index contributed by atoms with van der Waals surface area (Å²) in [6, 6.07) is 6.48. The molecule has 0 heterocycles. The van der Waals surface area contributed by atoms with Crippen LogP contribution in [0.4, 0.5) is 4.79 Å². The maximum atomic E-state index is 12.5. The van der Waals surface area contributed by atoms with Gasteiger partial charge in [0.2, 0.25) is 0 Å². The smallest absolute Gasteiger partial charge is 0.326 e. The molecule has 106 valence electrons. The zero-order valence-corrected chi connectivity index (χ0v) is 11.9. The Labute approximate surface area is 118 Å². The fourth-order valence-corrected chi connectivity index (χ4v) is 1.73. The second-order valence-corrected chi connectivity index (χ2v) is 4.31. The van der Waals surface area contributed by atoms with Crippen molar-refractivity contribution in [3.8, 4) is 0 Å². The van der Waals surface area contributed by atoms with Crippen molar-refractivity contribution in [1.82, 2.24) is 9.80 Å². The maximum absolute atomic E-state index is 12.5. The van der Waals surface area contributed by atoms with E-state index in [1.807, 2.05) is 0 Å². The number of benzene rings is 1. The van der Waals surface area contributed by atoms with E-state index in [1.165, 1.54) is 11.0 Å². The standard InChI is InChI=1S/C15H18N2O3/c1-4-17(15(20)16(2)3)14(19)13-10-6-5-8-12(13)9-7-11-18/h5-11H,4H2,1-3H3/b9-7+. The lowest BCUT2D eigenvalue weighted by atomic mass is 10.1. The van der Waals surface area contributed by atoms with Crippen LogP contribution in [-0.4, -0.2) is 48.7 Å². The number of carbonyl (C=O) groups is 3. The molecule has 5 heteroatoms. The van der Waals surface area contributed by atoms with Gasteiger partial charge in [-0.05, 0) is 24.6 Å². The van der Waals surface area contributed by atoms with Crippen molar-refractivity contribution in [2.24, 2.45) is 0 Å². The van der Waals surface area contributed by atoms with Gasteiger partial charge in [-0.25, -0.2) is 4.79 Å². The molecule has 0 N–H and O–H groups in total. The minimum Gasteiger partial charge on any atom is -0.330 e. The van der Waals surface area contributed by atoms with Crippen LogP contribution in [0.1, 0.15) is 22.8 Å². The fourth-order valence-electron chi connectivity index (χ4n) is 1.73. The van der Waals surface area contributed by atoms with Crippen LogP contribution in [0.3, 0.4) is 0 Å². The van der Waals surface area contributed by atoms with Crippen molar-refractivity contribution in [1.29, 1.82) is 0 Å². The Morgan fingerprint density at radius 3 is 2.40 bits per heavy atom. The van der Waals surface area contributed by atoms with E-state index in [9.17, 15) is 14.4 Å². The molecule has 0 unspecified atom stereocenters. The summed E-state index contributed by atoms with van der Waals surface area (Å²) >= 11 is 0. The number of amides is 3. The summed E-state index contributed by atoms with van der Waals surface area (Å²) in [5.41, 5.74) is 0.997. The molecule has 0 aliphatic carbocycles. The van der Waals surface area contributed by atoms with Crippen LogP contribution in [0.15, 0.2) is 30.3 Å². The van der Waals surface area contributed by atoms with Crippen molar-refractivity contribution >= 4 is 24.3 Å². The summed E-state index contributed by atoms with van der Waals surface area (Å²) in [4.78, 5) is 37.3. The monoisotopic (exact) mass is 274 g/mol. The zero-order valence-electron chi connectivity index (χ0n) is 11.9. The Kier molecular flexibility index (Phi) is 5.65. The van der Waals surface area contributed by atoms with Gasteiger partial charge in [0.1, 0.15) is 6.29 Å². The number of hydrogen-bond donors (Lipinski definition) is 0. The topological polar surface area (TPSA) is 57.7 Å². The van der Waals surface area contributed by atoms with Crippen LogP contribution in [0, 0.1) is 0 Å². The summed E-state index contributed by atoms with van der Waals surface area (Å²) in [6.45, 7) is 2.02. The summed E-state index contributed by atoms with van der Waals surface area (Å²) in [7, 11) is 3.19. The second kappa shape index (κ2) is 7.23. The molecular formula is C15H18N2O3. The van der Waals surface area contributed by atoms with Gasteiger partial charge in [-0.1, -0.05) is 24.3 Å². The number of urea groups is 1. The molecule has 0 radical (unpaired) electrons. The predicted molar refractivity (Wildman–Crippen MR) is 77.3 cm³/mol. The highest BCUT2D eigenvalue weighted by Gasteiger charge is 2.23. The molecule has 5 nitrogen and oxygen atoms in total. The Morgan fingerprint density at radius 1 is 1.20 bits per heavy atom. The van der Waals surface area contributed by atoms with Gasteiger partial charge < -0.3 is 4.90 Å². The third-order valence-corrected chi connectivity index (χ3v) is 2.72. The summed E-state index contributed by atoms with van der Waals surface area (Å²) in [6.07, 6.45) is 3.51. The molecule has 1 rings (SSSR count). The highest BCUT2D eigenvalue weighted by Crippen LogP contribution is 2.14. The molecule has 0 bridgehead atoms. The third-order valence-electron chi connectivity index (χ3n) is 2.72. The van der Waals surface area contributed by atoms with Gasteiger partial charge in [-0.2, -0.15) is 0 Å². The van der Waals surface area contributed by atoms with E-state index in [0.29, 0.717) is 17.4 Å². The van der Waals surface area contributed by atoms with Crippen LogP contribution < -0.4 is 0 Å². The lowest BCUT2D eigenvalue weighted by molar-refractivity contribution is -0.104. The van der Waals surface area contributed by atoms with Crippen LogP contribution in [0.5, 0.6) is 0 Å². The Hall–Kier alpha value is -2.43. The Morgan fingerprint density at radius 2 is 1.85 bits per heavy atom. The minimum absolute atomic E-state index is 0.279. The van der Waals surface area contributed by atoms with E-state index >= 15 is 0 Å². The number of aldehydes is 1. The van der Waals surface area contributed by atoms with Crippen LogP contribution >= 0.6 is 0 Å². The molecule has 0 aliphatic rings. The number of allylic oxidation sites excluding steroid dienone is 1. The molecule has 1 aromatic rings. The molecular weight excluding hydrogens is 256 g/mol. The molecule has 20 heavy (non-hydrogen) atoms. The van der Waals surface area contributed by atoms with Gasteiger partial charge >= 0.3 is 6.03 Å². The average molecular weight is 274 g/mol. The quantitative estimate of drug-likeness (QED) is 0.623. The number of imide groups is 1. The first-order valence-electron chi connectivity index (χ1n) is 6.27. The van der Waals surface area contributed by atoms with Gasteiger partial charge in [0.15, 0.2) is 0 Å². The molecule has 0 aromatic heterocycles. The molecule has 1 aromatic carbocycles. The number of nitrogens with zero attached hydrogens (tertiary/aromatic N) is 2. The molecule has 3 amide bonds. The van der Waals surface area contributed by atoms with Crippen LogP contribution in [-0.2, 0) is 4.79 Å². The van der Waals surface area contributed by atoms with Crippen molar-refractivity contribution in [3.05, 3.63) is 41.5 Å². The molecule has 0 saturated heterocycles. The molecule has 0 saturated carbocycles. The summed E-state index contributed by atoms with van der Waals surface area (Å²) in [5.74, 6) is -0.377. The fraction of sp³-hybridized carbons (Fsp3) is 0.267. The lowest BCUT2D eigenvalue weighted by Gasteiger charge is -2.23. The van der Waals surface area contributed by atoms with E-state index in [2.05, 4.69) is 0 Å². The SMILES string of the molecule is CCN(C(=O)c1ccccc1/C=C/C=O)C(=O)N(C)C.